The van der Waals surface area contributed by atoms with Gasteiger partial charge in [-0.25, -0.2) is 0 Å². The van der Waals surface area contributed by atoms with E-state index in [1.807, 2.05) is 25.1 Å². The molecule has 11 heteroatoms. The maximum atomic E-state index is 12.3. The SMILES string of the molecule is Cc1ccc(-n2cnnc2SCC(=O)NNC(=O)C2COc3ccccc3O2)cc1Cl. The van der Waals surface area contributed by atoms with Gasteiger partial charge in [0.25, 0.3) is 5.91 Å². The molecule has 160 valence electrons. The Balaban J connectivity index is 1.28. The highest BCUT2D eigenvalue weighted by atomic mass is 35.5. The van der Waals surface area contributed by atoms with E-state index >= 15 is 0 Å². The number of halogens is 1. The maximum Gasteiger partial charge on any atom is 0.283 e. The number of carbonyl (C=O) groups is 2. The number of fused-ring (bicyclic) bond motifs is 1. The first-order valence-corrected chi connectivity index (χ1v) is 10.6. The second-order valence-corrected chi connectivity index (χ2v) is 7.96. The lowest BCUT2D eigenvalue weighted by atomic mass is 10.2. The van der Waals surface area contributed by atoms with E-state index in [-0.39, 0.29) is 12.4 Å². The van der Waals surface area contributed by atoms with E-state index in [0.29, 0.717) is 21.7 Å². The molecule has 1 aliphatic rings. The topological polar surface area (TPSA) is 107 Å². The third-order valence-electron chi connectivity index (χ3n) is 4.41. The zero-order chi connectivity index (χ0) is 21.8. The number of hydrazine groups is 1. The Kier molecular flexibility index (Phi) is 6.28. The number of ether oxygens (including phenoxy) is 2. The van der Waals surface area contributed by atoms with Gasteiger partial charge in [0.1, 0.15) is 12.9 Å². The molecule has 2 heterocycles. The van der Waals surface area contributed by atoms with Gasteiger partial charge in [0.2, 0.25) is 12.0 Å². The molecule has 0 radical (unpaired) electrons. The van der Waals surface area contributed by atoms with E-state index < -0.39 is 17.9 Å². The van der Waals surface area contributed by atoms with Crippen LogP contribution in [0.1, 0.15) is 5.56 Å². The van der Waals surface area contributed by atoms with Crippen molar-refractivity contribution in [1.82, 2.24) is 25.6 Å². The molecule has 0 saturated heterocycles. The number of rotatable bonds is 5. The first-order valence-electron chi connectivity index (χ1n) is 9.28. The molecule has 0 aliphatic carbocycles. The smallest absolute Gasteiger partial charge is 0.283 e. The minimum absolute atomic E-state index is 0.0173. The molecular formula is C20H18ClN5O4S. The third-order valence-corrected chi connectivity index (χ3v) is 5.76. The van der Waals surface area contributed by atoms with Gasteiger partial charge in [-0.2, -0.15) is 0 Å². The van der Waals surface area contributed by atoms with Gasteiger partial charge in [-0.1, -0.05) is 41.6 Å². The number of amides is 2. The van der Waals surface area contributed by atoms with Gasteiger partial charge in [-0.15, -0.1) is 10.2 Å². The van der Waals surface area contributed by atoms with Crippen LogP contribution in [-0.4, -0.2) is 45.0 Å². The van der Waals surface area contributed by atoms with Gasteiger partial charge in [0.05, 0.1) is 11.4 Å². The Bertz CT molecular complexity index is 1120. The highest BCUT2D eigenvalue weighted by molar-refractivity contribution is 7.99. The third kappa shape index (κ3) is 4.92. The number of para-hydroxylation sites is 2. The van der Waals surface area contributed by atoms with Crippen LogP contribution in [0.3, 0.4) is 0 Å². The van der Waals surface area contributed by atoms with Crippen molar-refractivity contribution >= 4 is 35.2 Å². The monoisotopic (exact) mass is 459 g/mol. The summed E-state index contributed by atoms with van der Waals surface area (Å²) in [4.78, 5) is 24.4. The second-order valence-electron chi connectivity index (χ2n) is 6.61. The minimum Gasteiger partial charge on any atom is -0.485 e. The van der Waals surface area contributed by atoms with Gasteiger partial charge in [-0.3, -0.25) is 25.0 Å². The molecule has 0 saturated carbocycles. The summed E-state index contributed by atoms with van der Waals surface area (Å²) in [6.45, 7) is 1.96. The van der Waals surface area contributed by atoms with E-state index in [0.717, 1.165) is 11.3 Å². The van der Waals surface area contributed by atoms with Crippen molar-refractivity contribution in [2.24, 2.45) is 0 Å². The fourth-order valence-electron chi connectivity index (χ4n) is 2.76. The average Bonchev–Trinajstić information content (AvgIpc) is 3.26. The summed E-state index contributed by atoms with van der Waals surface area (Å²) in [5.74, 6) is 0.151. The lowest BCUT2D eigenvalue weighted by Crippen LogP contribution is -2.51. The van der Waals surface area contributed by atoms with Crippen molar-refractivity contribution in [2.75, 3.05) is 12.4 Å². The van der Waals surface area contributed by atoms with Crippen molar-refractivity contribution in [3.8, 4) is 17.2 Å². The number of benzene rings is 2. The van der Waals surface area contributed by atoms with Crippen LogP contribution in [-0.2, 0) is 9.59 Å². The van der Waals surface area contributed by atoms with Crippen molar-refractivity contribution < 1.29 is 19.1 Å². The van der Waals surface area contributed by atoms with Crippen molar-refractivity contribution in [1.29, 1.82) is 0 Å². The van der Waals surface area contributed by atoms with Gasteiger partial charge >= 0.3 is 0 Å². The molecule has 0 fully saturated rings. The predicted octanol–water partition coefficient (Wildman–Crippen LogP) is 2.31. The Labute approximate surface area is 187 Å². The van der Waals surface area contributed by atoms with Crippen LogP contribution in [0, 0.1) is 6.92 Å². The van der Waals surface area contributed by atoms with E-state index in [1.54, 1.807) is 35.2 Å². The summed E-state index contributed by atoms with van der Waals surface area (Å²) in [5.41, 5.74) is 6.47. The summed E-state index contributed by atoms with van der Waals surface area (Å²) in [7, 11) is 0. The highest BCUT2D eigenvalue weighted by Crippen LogP contribution is 2.30. The molecule has 31 heavy (non-hydrogen) atoms. The standard InChI is InChI=1S/C20H18ClN5O4S/c1-12-6-7-13(8-14(12)21)26-11-22-25-20(26)31-10-18(27)23-24-19(28)17-9-29-15-4-2-3-5-16(15)30-17/h2-8,11,17H,9-10H2,1H3,(H,23,27)(H,24,28). The lowest BCUT2D eigenvalue weighted by molar-refractivity contribution is -0.134. The van der Waals surface area contributed by atoms with E-state index in [2.05, 4.69) is 21.0 Å². The normalized spacial score (nSPS) is 14.7. The van der Waals surface area contributed by atoms with Crippen molar-refractivity contribution in [2.45, 2.75) is 18.2 Å². The molecule has 2 amide bonds. The Morgan fingerprint density at radius 1 is 1.23 bits per heavy atom. The van der Waals surface area contributed by atoms with Crippen LogP contribution >= 0.6 is 23.4 Å². The summed E-state index contributed by atoms with van der Waals surface area (Å²) in [5, 5.41) is 9.08. The second kappa shape index (κ2) is 9.27. The molecule has 0 bridgehead atoms. The first kappa shape index (κ1) is 21.0. The fraction of sp³-hybridized carbons (Fsp3) is 0.200. The number of nitrogens with zero attached hydrogens (tertiary/aromatic N) is 3. The summed E-state index contributed by atoms with van der Waals surface area (Å²) < 4.78 is 12.8. The number of carbonyl (C=O) groups excluding carboxylic acids is 2. The molecule has 9 nitrogen and oxygen atoms in total. The van der Waals surface area contributed by atoms with Crippen LogP contribution in [0.5, 0.6) is 11.5 Å². The van der Waals surface area contributed by atoms with Crippen LogP contribution in [0.15, 0.2) is 53.9 Å². The van der Waals surface area contributed by atoms with Gasteiger partial charge in [0, 0.05) is 5.02 Å². The molecule has 3 aromatic rings. The minimum atomic E-state index is -0.864. The Hall–Kier alpha value is -3.24. The van der Waals surface area contributed by atoms with Crippen molar-refractivity contribution in [3.05, 3.63) is 59.4 Å². The molecule has 1 atom stereocenters. The van der Waals surface area contributed by atoms with Crippen LogP contribution in [0.25, 0.3) is 5.69 Å². The fourth-order valence-corrected chi connectivity index (χ4v) is 3.66. The maximum absolute atomic E-state index is 12.3. The molecule has 1 aliphatic heterocycles. The molecular weight excluding hydrogens is 442 g/mol. The van der Waals surface area contributed by atoms with E-state index in [1.165, 1.54) is 11.8 Å². The van der Waals surface area contributed by atoms with Gasteiger partial charge in [-0.05, 0) is 36.8 Å². The Morgan fingerprint density at radius 3 is 2.84 bits per heavy atom. The highest BCUT2D eigenvalue weighted by Gasteiger charge is 2.27. The summed E-state index contributed by atoms with van der Waals surface area (Å²) >= 11 is 7.36. The summed E-state index contributed by atoms with van der Waals surface area (Å²) in [6, 6.07) is 12.6. The van der Waals surface area contributed by atoms with E-state index in [9.17, 15) is 9.59 Å². The van der Waals surface area contributed by atoms with Crippen LogP contribution in [0.4, 0.5) is 0 Å². The van der Waals surface area contributed by atoms with E-state index in [4.69, 9.17) is 21.1 Å². The van der Waals surface area contributed by atoms with Gasteiger partial charge in [0.15, 0.2) is 16.7 Å². The molecule has 2 N–H and O–H groups in total. The number of hydrogen-bond donors (Lipinski definition) is 2. The molecule has 4 rings (SSSR count). The quantitative estimate of drug-likeness (QED) is 0.445. The van der Waals surface area contributed by atoms with Gasteiger partial charge < -0.3 is 9.47 Å². The molecule has 0 spiro atoms. The number of hydrogen-bond acceptors (Lipinski definition) is 7. The molecule has 1 aromatic heterocycles. The number of aromatic nitrogens is 3. The number of aryl methyl sites for hydroxylation is 1. The summed E-state index contributed by atoms with van der Waals surface area (Å²) in [6.07, 6.45) is 0.679. The average molecular weight is 460 g/mol. The molecule has 1 unspecified atom stereocenters. The van der Waals surface area contributed by atoms with Crippen molar-refractivity contribution in [3.63, 3.8) is 0 Å². The number of thioether (sulfide) groups is 1. The first-order chi connectivity index (χ1) is 15.0. The zero-order valence-corrected chi connectivity index (χ0v) is 17.9. The largest absolute Gasteiger partial charge is 0.485 e. The Morgan fingerprint density at radius 2 is 2.03 bits per heavy atom. The zero-order valence-electron chi connectivity index (χ0n) is 16.4. The molecule has 2 aromatic carbocycles. The van der Waals surface area contributed by atoms with Crippen LogP contribution in [0.2, 0.25) is 5.02 Å². The van der Waals surface area contributed by atoms with Crippen LogP contribution < -0.4 is 20.3 Å². The predicted molar refractivity (Wildman–Crippen MR) is 114 cm³/mol. The number of nitrogens with one attached hydrogen (secondary N) is 2. The lowest BCUT2D eigenvalue weighted by Gasteiger charge is -2.25.